The number of alkyl halides is 10. The number of hydrogen-bond acceptors (Lipinski definition) is 2. The van der Waals surface area contributed by atoms with Gasteiger partial charge in [-0.25, -0.2) is 8.78 Å². The predicted molar refractivity (Wildman–Crippen MR) is 144 cm³/mol. The van der Waals surface area contributed by atoms with Gasteiger partial charge in [-0.1, -0.05) is 39.7 Å². The van der Waals surface area contributed by atoms with E-state index in [1.165, 1.54) is 24.3 Å². The number of amides is 1. The number of benzene rings is 3. The summed E-state index contributed by atoms with van der Waals surface area (Å²) in [4.78, 5) is 27.6. The van der Waals surface area contributed by atoms with Crippen LogP contribution in [-0.4, -0.2) is 30.6 Å². The number of Topliss-reactive ketones (excluding diaryl/α,β-unsaturated/α-hetero) is 1. The number of aryl methyl sites for hydroxylation is 1. The molecule has 0 radical (unpaired) electrons. The zero-order chi connectivity index (χ0) is 33.7. The van der Waals surface area contributed by atoms with Gasteiger partial charge in [0.2, 0.25) is 0 Å². The summed E-state index contributed by atoms with van der Waals surface area (Å²) in [5.41, 5.74) is -12.0. The molecule has 0 unspecified atom stereocenters. The lowest BCUT2D eigenvalue weighted by atomic mass is 9.89. The molecule has 0 atom stereocenters. The second-order valence-corrected chi connectivity index (χ2v) is 11.5. The topological polar surface area (TPSA) is 37.4 Å². The minimum Gasteiger partial charge on any atom is -0.305 e. The van der Waals surface area contributed by atoms with Crippen molar-refractivity contribution in [2.75, 3.05) is 11.4 Å². The fraction of sp³-hybridized carbons (Fsp3) is 0.333. The Bertz CT molecular complexity index is 1590. The van der Waals surface area contributed by atoms with Crippen LogP contribution in [0.5, 0.6) is 0 Å². The molecule has 3 aromatic rings. The van der Waals surface area contributed by atoms with Gasteiger partial charge in [0.25, 0.3) is 5.91 Å². The third kappa shape index (κ3) is 6.87. The molecule has 242 valence electrons. The van der Waals surface area contributed by atoms with Crippen LogP contribution in [0.1, 0.15) is 55.8 Å². The number of carbonyl (C=O) groups is 2. The van der Waals surface area contributed by atoms with E-state index in [0.717, 1.165) is 29.4 Å². The number of anilines is 1. The van der Waals surface area contributed by atoms with Crippen LogP contribution in [-0.2, 0) is 18.3 Å². The number of hydrogen-bond donors (Lipinski definition) is 0. The van der Waals surface area contributed by atoms with Gasteiger partial charge in [0.05, 0.1) is 16.8 Å². The lowest BCUT2D eigenvalue weighted by Crippen LogP contribution is -2.50. The summed E-state index contributed by atoms with van der Waals surface area (Å²) in [5, 5.41) is 0. The first-order valence-electron chi connectivity index (χ1n) is 13.1. The fourth-order valence-electron chi connectivity index (χ4n) is 4.66. The molecule has 0 N–H and O–H groups in total. The van der Waals surface area contributed by atoms with Crippen LogP contribution < -0.4 is 4.90 Å². The Kier molecular flexibility index (Phi) is 9.19. The summed E-state index contributed by atoms with van der Waals surface area (Å²) in [7, 11) is 0. The summed E-state index contributed by atoms with van der Waals surface area (Å²) in [6.45, 7) is 1.84. The molecule has 0 heterocycles. The molecule has 15 heteroatoms. The normalized spacial score (nSPS) is 14.4. The van der Waals surface area contributed by atoms with Crippen LogP contribution >= 0.6 is 15.9 Å². The van der Waals surface area contributed by atoms with Gasteiger partial charge in [0, 0.05) is 28.6 Å². The SMILES string of the molecule is Cc1ccc(C(=O)N(CC2CC2)c2cccc(C(=O)Cc3c(Br)cc(C(F)(C(F)(F)F)C(F)(F)F)cc3C(F)(F)F)c2F)cc1. The summed E-state index contributed by atoms with van der Waals surface area (Å²) < 4.78 is 151. The number of ketones is 1. The first kappa shape index (κ1) is 34.4. The average molecular weight is 716 g/mol. The Morgan fingerprint density at radius 1 is 0.867 bits per heavy atom. The lowest BCUT2D eigenvalue weighted by molar-refractivity contribution is -0.348. The molecule has 3 aromatic carbocycles. The second kappa shape index (κ2) is 12.0. The van der Waals surface area contributed by atoms with Crippen molar-refractivity contribution in [3.8, 4) is 0 Å². The van der Waals surface area contributed by atoms with Crippen LogP contribution in [0.2, 0.25) is 0 Å². The molecule has 3 nitrogen and oxygen atoms in total. The molecule has 1 aliphatic carbocycles. The highest BCUT2D eigenvalue weighted by atomic mass is 79.9. The van der Waals surface area contributed by atoms with Gasteiger partial charge in [-0.05, 0) is 67.6 Å². The maximum atomic E-state index is 15.9. The van der Waals surface area contributed by atoms with E-state index >= 15 is 4.39 Å². The number of nitrogens with zero attached hydrogens (tertiary/aromatic N) is 1. The van der Waals surface area contributed by atoms with E-state index in [2.05, 4.69) is 15.9 Å². The van der Waals surface area contributed by atoms with E-state index in [9.17, 15) is 53.5 Å². The first-order valence-corrected chi connectivity index (χ1v) is 13.9. The molecule has 1 saturated carbocycles. The Labute approximate surface area is 257 Å². The van der Waals surface area contributed by atoms with E-state index in [4.69, 9.17) is 0 Å². The van der Waals surface area contributed by atoms with Crippen molar-refractivity contribution in [3.63, 3.8) is 0 Å². The standard InChI is InChI=1S/C30H21BrF11NO2/c1-15-5-9-17(10-6-15)26(45)43(14-16-7-8-16)23-4-2-3-19(25(23)32)24(44)13-20-21(28(34,35)36)11-18(12-22(20)31)27(33,29(37,38)39)30(40,41)42/h2-6,9-12,16H,7-8,13-14H2,1H3. The molecule has 0 saturated heterocycles. The maximum absolute atomic E-state index is 15.9. The van der Waals surface area contributed by atoms with Crippen molar-refractivity contribution < 1.29 is 57.9 Å². The zero-order valence-electron chi connectivity index (χ0n) is 22.9. The molecule has 4 rings (SSSR count). The van der Waals surface area contributed by atoms with E-state index in [1.807, 2.05) is 0 Å². The van der Waals surface area contributed by atoms with Crippen molar-refractivity contribution in [1.29, 1.82) is 0 Å². The molecule has 0 bridgehead atoms. The van der Waals surface area contributed by atoms with E-state index in [0.29, 0.717) is 0 Å². The lowest BCUT2D eigenvalue weighted by Gasteiger charge is -2.31. The third-order valence-electron chi connectivity index (χ3n) is 7.27. The van der Waals surface area contributed by atoms with Crippen LogP contribution in [0.4, 0.5) is 54.0 Å². The molecule has 1 aliphatic rings. The Morgan fingerprint density at radius 2 is 1.44 bits per heavy atom. The van der Waals surface area contributed by atoms with E-state index in [1.54, 1.807) is 19.1 Å². The fourth-order valence-corrected chi connectivity index (χ4v) is 5.26. The van der Waals surface area contributed by atoms with Gasteiger partial charge in [-0.15, -0.1) is 0 Å². The van der Waals surface area contributed by atoms with Crippen molar-refractivity contribution in [1.82, 2.24) is 0 Å². The van der Waals surface area contributed by atoms with Crippen LogP contribution in [0.25, 0.3) is 0 Å². The molecule has 0 spiro atoms. The summed E-state index contributed by atoms with van der Waals surface area (Å²) in [5.74, 6) is -3.22. The largest absolute Gasteiger partial charge is 0.435 e. The van der Waals surface area contributed by atoms with Gasteiger partial charge >= 0.3 is 24.2 Å². The quantitative estimate of drug-likeness (QED) is 0.172. The summed E-state index contributed by atoms with van der Waals surface area (Å²) >= 11 is 2.46. The number of carbonyl (C=O) groups excluding carboxylic acids is 2. The molecular weight excluding hydrogens is 695 g/mol. The Hall–Kier alpha value is -3.49. The van der Waals surface area contributed by atoms with Crippen molar-refractivity contribution in [2.45, 2.75) is 50.4 Å². The molecule has 0 aliphatic heterocycles. The summed E-state index contributed by atoms with van der Waals surface area (Å²) in [6.07, 6.45) is -18.9. The summed E-state index contributed by atoms with van der Waals surface area (Å²) in [6, 6.07) is 8.75. The Balaban J connectivity index is 1.76. The maximum Gasteiger partial charge on any atom is 0.435 e. The average Bonchev–Trinajstić information content (AvgIpc) is 3.75. The minimum atomic E-state index is -6.70. The zero-order valence-corrected chi connectivity index (χ0v) is 24.5. The van der Waals surface area contributed by atoms with Gasteiger partial charge in [0.15, 0.2) is 11.6 Å². The highest BCUT2D eigenvalue weighted by Crippen LogP contribution is 2.54. The van der Waals surface area contributed by atoms with E-state index in [-0.39, 0.29) is 29.8 Å². The highest BCUT2D eigenvalue weighted by molar-refractivity contribution is 9.10. The Morgan fingerprint density at radius 3 is 1.96 bits per heavy atom. The van der Waals surface area contributed by atoms with Gasteiger partial charge in [-0.3, -0.25) is 9.59 Å². The first-order chi connectivity index (χ1) is 20.7. The molecular formula is C30H21BrF11NO2. The minimum absolute atomic E-state index is 0.0259. The van der Waals surface area contributed by atoms with Crippen LogP contribution in [0.15, 0.2) is 59.1 Å². The second-order valence-electron chi connectivity index (χ2n) is 10.6. The molecule has 0 aromatic heterocycles. The molecule has 1 amide bonds. The molecule has 45 heavy (non-hydrogen) atoms. The third-order valence-corrected chi connectivity index (χ3v) is 7.98. The van der Waals surface area contributed by atoms with Gasteiger partial charge < -0.3 is 4.90 Å². The van der Waals surface area contributed by atoms with Gasteiger partial charge in [0.1, 0.15) is 0 Å². The predicted octanol–water partition coefficient (Wildman–Crippen LogP) is 9.69. The number of halogens is 12. The van der Waals surface area contributed by atoms with Crippen molar-refractivity contribution in [3.05, 3.63) is 98.3 Å². The van der Waals surface area contributed by atoms with Crippen molar-refractivity contribution in [2.24, 2.45) is 5.92 Å². The van der Waals surface area contributed by atoms with Crippen molar-refractivity contribution >= 4 is 33.3 Å². The van der Waals surface area contributed by atoms with Gasteiger partial charge in [-0.2, -0.15) is 39.5 Å². The van der Waals surface area contributed by atoms with Crippen LogP contribution in [0.3, 0.4) is 0 Å². The number of rotatable bonds is 8. The molecule has 1 fully saturated rings. The van der Waals surface area contributed by atoms with E-state index < -0.39 is 80.9 Å². The van der Waals surface area contributed by atoms with Crippen LogP contribution in [0, 0.1) is 18.7 Å². The smallest absolute Gasteiger partial charge is 0.305 e. The monoisotopic (exact) mass is 715 g/mol. The highest BCUT2D eigenvalue weighted by Gasteiger charge is 2.73.